The molecular formula is C9H14N2O. The second-order valence-corrected chi connectivity index (χ2v) is 3.10. The Bertz CT molecular complexity index is 251. The van der Waals surface area contributed by atoms with E-state index >= 15 is 0 Å². The monoisotopic (exact) mass is 166 g/mol. The lowest BCUT2D eigenvalue weighted by Crippen LogP contribution is -2.09. The van der Waals surface area contributed by atoms with Gasteiger partial charge in [0.2, 0.25) is 0 Å². The van der Waals surface area contributed by atoms with Gasteiger partial charge in [-0.05, 0) is 33.8 Å². The van der Waals surface area contributed by atoms with Crippen LogP contribution in [0.4, 0.5) is 0 Å². The summed E-state index contributed by atoms with van der Waals surface area (Å²) in [7, 11) is 0. The molecule has 1 aromatic heterocycles. The van der Waals surface area contributed by atoms with E-state index in [0.717, 1.165) is 11.4 Å². The van der Waals surface area contributed by atoms with E-state index in [2.05, 4.69) is 9.97 Å². The van der Waals surface area contributed by atoms with E-state index in [1.54, 1.807) is 0 Å². The van der Waals surface area contributed by atoms with Gasteiger partial charge in [-0.3, -0.25) is 0 Å². The highest BCUT2D eigenvalue weighted by Gasteiger charge is 2.01. The SMILES string of the molecule is Cc1cc(C)nc(OC(C)C)n1. The van der Waals surface area contributed by atoms with Gasteiger partial charge in [0.05, 0.1) is 6.10 Å². The summed E-state index contributed by atoms with van der Waals surface area (Å²) in [6, 6.07) is 2.40. The molecule has 0 fully saturated rings. The summed E-state index contributed by atoms with van der Waals surface area (Å²) in [6.45, 7) is 7.78. The van der Waals surface area contributed by atoms with Crippen molar-refractivity contribution >= 4 is 0 Å². The van der Waals surface area contributed by atoms with Crippen LogP contribution < -0.4 is 4.74 Å². The molecule has 0 amide bonds. The third-order valence-electron chi connectivity index (χ3n) is 1.30. The number of hydrogen-bond acceptors (Lipinski definition) is 3. The Morgan fingerprint density at radius 1 is 1.17 bits per heavy atom. The van der Waals surface area contributed by atoms with E-state index in [1.807, 2.05) is 33.8 Å². The molecule has 0 bridgehead atoms. The maximum atomic E-state index is 5.35. The molecule has 3 nitrogen and oxygen atoms in total. The Morgan fingerprint density at radius 3 is 2.08 bits per heavy atom. The average Bonchev–Trinajstić information content (AvgIpc) is 1.81. The Morgan fingerprint density at radius 2 is 1.67 bits per heavy atom. The van der Waals surface area contributed by atoms with Gasteiger partial charge in [-0.2, -0.15) is 0 Å². The van der Waals surface area contributed by atoms with Crippen LogP contribution in [0.2, 0.25) is 0 Å². The first-order valence-electron chi connectivity index (χ1n) is 4.07. The van der Waals surface area contributed by atoms with E-state index in [1.165, 1.54) is 0 Å². The van der Waals surface area contributed by atoms with Gasteiger partial charge in [0.25, 0.3) is 0 Å². The number of hydrogen-bond donors (Lipinski definition) is 0. The minimum atomic E-state index is 0.131. The highest BCUT2D eigenvalue weighted by atomic mass is 16.5. The van der Waals surface area contributed by atoms with E-state index in [-0.39, 0.29) is 6.10 Å². The first kappa shape index (κ1) is 8.97. The third-order valence-corrected chi connectivity index (χ3v) is 1.30. The van der Waals surface area contributed by atoms with Gasteiger partial charge in [0, 0.05) is 11.4 Å². The quantitative estimate of drug-likeness (QED) is 0.672. The summed E-state index contributed by atoms with van der Waals surface area (Å²) in [5.74, 6) is 0. The van der Waals surface area contributed by atoms with Crippen LogP contribution in [0.25, 0.3) is 0 Å². The van der Waals surface area contributed by atoms with E-state index in [9.17, 15) is 0 Å². The number of ether oxygens (including phenoxy) is 1. The molecule has 1 heterocycles. The molecule has 0 spiro atoms. The van der Waals surface area contributed by atoms with Crippen molar-refractivity contribution < 1.29 is 4.74 Å². The van der Waals surface area contributed by atoms with Crippen LogP contribution in [0.3, 0.4) is 0 Å². The molecule has 0 N–H and O–H groups in total. The van der Waals surface area contributed by atoms with Crippen LogP contribution in [0.1, 0.15) is 25.2 Å². The van der Waals surface area contributed by atoms with Crippen molar-refractivity contribution in [3.8, 4) is 6.01 Å². The van der Waals surface area contributed by atoms with E-state index < -0.39 is 0 Å². The molecular weight excluding hydrogens is 152 g/mol. The largest absolute Gasteiger partial charge is 0.461 e. The first-order chi connectivity index (χ1) is 5.58. The fraction of sp³-hybridized carbons (Fsp3) is 0.556. The van der Waals surface area contributed by atoms with Gasteiger partial charge in [-0.25, -0.2) is 9.97 Å². The summed E-state index contributed by atoms with van der Waals surface area (Å²) < 4.78 is 5.35. The molecule has 12 heavy (non-hydrogen) atoms. The van der Waals surface area contributed by atoms with Gasteiger partial charge >= 0.3 is 6.01 Å². The summed E-state index contributed by atoms with van der Waals surface area (Å²) in [4.78, 5) is 8.28. The molecule has 1 rings (SSSR count). The highest BCUT2D eigenvalue weighted by Crippen LogP contribution is 2.07. The highest BCUT2D eigenvalue weighted by molar-refractivity contribution is 5.11. The zero-order chi connectivity index (χ0) is 9.14. The van der Waals surface area contributed by atoms with Crippen molar-refractivity contribution in [3.05, 3.63) is 17.5 Å². The zero-order valence-electron chi connectivity index (χ0n) is 7.96. The molecule has 0 aromatic carbocycles. The lowest BCUT2D eigenvalue weighted by molar-refractivity contribution is 0.221. The summed E-state index contributed by atoms with van der Waals surface area (Å²) in [6.07, 6.45) is 0.131. The molecule has 66 valence electrons. The summed E-state index contributed by atoms with van der Waals surface area (Å²) in [5, 5.41) is 0. The third kappa shape index (κ3) is 2.49. The smallest absolute Gasteiger partial charge is 0.317 e. The van der Waals surface area contributed by atoms with Gasteiger partial charge in [-0.1, -0.05) is 0 Å². The fourth-order valence-electron chi connectivity index (χ4n) is 0.957. The molecule has 0 saturated carbocycles. The normalized spacial score (nSPS) is 10.4. The van der Waals surface area contributed by atoms with Crippen molar-refractivity contribution in [1.29, 1.82) is 0 Å². The molecule has 3 heteroatoms. The molecule has 0 aliphatic carbocycles. The summed E-state index contributed by atoms with van der Waals surface area (Å²) >= 11 is 0. The fourth-order valence-corrected chi connectivity index (χ4v) is 0.957. The van der Waals surface area contributed by atoms with Crippen molar-refractivity contribution in [3.63, 3.8) is 0 Å². The van der Waals surface area contributed by atoms with Crippen LogP contribution in [-0.4, -0.2) is 16.1 Å². The number of aryl methyl sites for hydroxylation is 2. The minimum Gasteiger partial charge on any atom is -0.461 e. The van der Waals surface area contributed by atoms with E-state index in [4.69, 9.17) is 4.74 Å². The van der Waals surface area contributed by atoms with Gasteiger partial charge < -0.3 is 4.74 Å². The predicted octanol–water partition coefficient (Wildman–Crippen LogP) is 1.88. The van der Waals surface area contributed by atoms with E-state index in [0.29, 0.717) is 6.01 Å². The lowest BCUT2D eigenvalue weighted by Gasteiger charge is -2.07. The van der Waals surface area contributed by atoms with Crippen LogP contribution in [0.15, 0.2) is 6.07 Å². The predicted molar refractivity (Wildman–Crippen MR) is 47.3 cm³/mol. The maximum Gasteiger partial charge on any atom is 0.317 e. The van der Waals surface area contributed by atoms with Gasteiger partial charge in [-0.15, -0.1) is 0 Å². The Kier molecular flexibility index (Phi) is 2.63. The molecule has 0 unspecified atom stereocenters. The number of nitrogens with zero attached hydrogens (tertiary/aromatic N) is 2. The van der Waals surface area contributed by atoms with Crippen LogP contribution >= 0.6 is 0 Å². The molecule has 0 aliphatic heterocycles. The van der Waals surface area contributed by atoms with Crippen molar-refractivity contribution in [2.75, 3.05) is 0 Å². The van der Waals surface area contributed by atoms with Crippen LogP contribution in [0, 0.1) is 13.8 Å². The second kappa shape index (κ2) is 3.52. The van der Waals surface area contributed by atoms with Gasteiger partial charge in [0.1, 0.15) is 0 Å². The Labute approximate surface area is 72.8 Å². The second-order valence-electron chi connectivity index (χ2n) is 3.10. The molecule has 0 atom stereocenters. The molecule has 1 aromatic rings. The average molecular weight is 166 g/mol. The maximum absolute atomic E-state index is 5.35. The molecule has 0 aliphatic rings. The van der Waals surface area contributed by atoms with Crippen molar-refractivity contribution in [1.82, 2.24) is 9.97 Å². The van der Waals surface area contributed by atoms with Crippen molar-refractivity contribution in [2.24, 2.45) is 0 Å². The topological polar surface area (TPSA) is 35.0 Å². The Balaban J connectivity index is 2.85. The summed E-state index contributed by atoms with van der Waals surface area (Å²) in [5.41, 5.74) is 1.89. The first-order valence-corrected chi connectivity index (χ1v) is 4.07. The number of aromatic nitrogens is 2. The van der Waals surface area contributed by atoms with Crippen molar-refractivity contribution in [2.45, 2.75) is 33.8 Å². The molecule has 0 radical (unpaired) electrons. The molecule has 0 saturated heterocycles. The standard InChI is InChI=1S/C9H14N2O/c1-6(2)12-9-10-7(3)5-8(4)11-9/h5-6H,1-4H3. The van der Waals surface area contributed by atoms with Crippen LogP contribution in [0.5, 0.6) is 6.01 Å². The van der Waals surface area contributed by atoms with Crippen LogP contribution in [-0.2, 0) is 0 Å². The Hall–Kier alpha value is -1.12. The lowest BCUT2D eigenvalue weighted by atomic mass is 10.4. The zero-order valence-corrected chi connectivity index (χ0v) is 7.96. The van der Waals surface area contributed by atoms with Gasteiger partial charge in [0.15, 0.2) is 0 Å². The number of rotatable bonds is 2. The minimum absolute atomic E-state index is 0.131.